The number of carbonyl (C=O) groups is 3. The summed E-state index contributed by atoms with van der Waals surface area (Å²) in [4.78, 5) is 35.8. The van der Waals surface area contributed by atoms with Crippen LogP contribution in [-0.4, -0.2) is 23.9 Å². The number of amides is 2. The molecule has 0 radical (unpaired) electrons. The van der Waals surface area contributed by atoms with Crippen LogP contribution in [0, 0.1) is 0 Å². The number of esters is 1. The van der Waals surface area contributed by atoms with E-state index in [9.17, 15) is 14.4 Å². The fourth-order valence-electron chi connectivity index (χ4n) is 1.88. The Morgan fingerprint density at radius 3 is 2.40 bits per heavy atom. The van der Waals surface area contributed by atoms with E-state index in [1.54, 1.807) is 30.3 Å². The zero-order valence-electron chi connectivity index (χ0n) is 13.3. The third-order valence-corrected chi connectivity index (χ3v) is 3.46. The molecular formula is C17H16ClN3O4. The quantitative estimate of drug-likeness (QED) is 0.438. The number of carbonyl (C=O) groups excluding carboxylic acids is 3. The number of nitrogens with two attached hydrogens (primary N) is 1. The van der Waals surface area contributed by atoms with Crippen LogP contribution in [-0.2, 0) is 9.53 Å². The van der Waals surface area contributed by atoms with Gasteiger partial charge in [-0.1, -0.05) is 29.8 Å². The van der Waals surface area contributed by atoms with Gasteiger partial charge in [0, 0.05) is 16.3 Å². The molecule has 0 fully saturated rings. The van der Waals surface area contributed by atoms with Crippen LogP contribution in [0.25, 0.3) is 0 Å². The van der Waals surface area contributed by atoms with Crippen molar-refractivity contribution in [2.24, 2.45) is 0 Å². The summed E-state index contributed by atoms with van der Waals surface area (Å²) >= 11 is 5.76. The summed E-state index contributed by atoms with van der Waals surface area (Å²) in [5, 5.41) is 0.378. The molecule has 0 unspecified atom stereocenters. The van der Waals surface area contributed by atoms with Crippen molar-refractivity contribution in [1.29, 1.82) is 0 Å². The SMILES string of the molecule is C[C@H](OC(=O)c1ccc(Cl)cc1N)C(=O)NNC(=O)c1ccccc1. The molecular weight excluding hydrogens is 346 g/mol. The highest BCUT2D eigenvalue weighted by molar-refractivity contribution is 6.31. The van der Waals surface area contributed by atoms with Crippen LogP contribution in [0.3, 0.4) is 0 Å². The molecule has 8 heteroatoms. The lowest BCUT2D eigenvalue weighted by atomic mass is 10.2. The topological polar surface area (TPSA) is 111 Å². The van der Waals surface area contributed by atoms with Crippen molar-refractivity contribution in [2.45, 2.75) is 13.0 Å². The molecule has 0 saturated carbocycles. The standard InChI is InChI=1S/C17H16ClN3O4/c1-10(25-17(24)13-8-7-12(18)9-14(13)19)15(22)20-21-16(23)11-5-3-2-4-6-11/h2-10H,19H2,1H3,(H,20,22)(H,21,23)/t10-/m0/s1. The van der Waals surface area contributed by atoms with Gasteiger partial charge in [0.05, 0.1) is 5.56 Å². The minimum atomic E-state index is -1.14. The van der Waals surface area contributed by atoms with Crippen molar-refractivity contribution in [3.63, 3.8) is 0 Å². The molecule has 0 aliphatic rings. The smallest absolute Gasteiger partial charge is 0.341 e. The van der Waals surface area contributed by atoms with Gasteiger partial charge in [0.25, 0.3) is 11.8 Å². The lowest BCUT2D eigenvalue weighted by Crippen LogP contribution is -2.46. The van der Waals surface area contributed by atoms with E-state index in [1.165, 1.54) is 25.1 Å². The molecule has 0 aliphatic heterocycles. The number of nitrogens with one attached hydrogen (secondary N) is 2. The maximum absolute atomic E-state index is 12.0. The predicted octanol–water partition coefficient (Wildman–Crippen LogP) is 1.93. The van der Waals surface area contributed by atoms with Gasteiger partial charge in [-0.3, -0.25) is 20.4 Å². The third-order valence-electron chi connectivity index (χ3n) is 3.22. The molecule has 1 atom stereocenters. The molecule has 0 aromatic heterocycles. The van der Waals surface area contributed by atoms with Crippen molar-refractivity contribution in [3.8, 4) is 0 Å². The lowest BCUT2D eigenvalue weighted by Gasteiger charge is -2.14. The van der Waals surface area contributed by atoms with Crippen LogP contribution in [0.1, 0.15) is 27.6 Å². The van der Waals surface area contributed by atoms with Gasteiger partial charge in [-0.15, -0.1) is 0 Å². The van der Waals surface area contributed by atoms with Crippen LogP contribution in [0.2, 0.25) is 5.02 Å². The molecule has 25 heavy (non-hydrogen) atoms. The zero-order valence-corrected chi connectivity index (χ0v) is 14.0. The molecule has 2 aromatic carbocycles. The second-order valence-electron chi connectivity index (χ2n) is 5.09. The normalized spacial score (nSPS) is 11.3. The Kier molecular flexibility index (Phi) is 5.97. The Morgan fingerprint density at radius 2 is 1.76 bits per heavy atom. The average molecular weight is 362 g/mol. The monoisotopic (exact) mass is 361 g/mol. The van der Waals surface area contributed by atoms with E-state index in [0.29, 0.717) is 10.6 Å². The molecule has 0 bridgehead atoms. The number of rotatable bonds is 4. The number of hydrogen-bond acceptors (Lipinski definition) is 5. The first kappa shape index (κ1) is 18.3. The van der Waals surface area contributed by atoms with Gasteiger partial charge < -0.3 is 10.5 Å². The lowest BCUT2D eigenvalue weighted by molar-refractivity contribution is -0.129. The molecule has 0 aliphatic carbocycles. The van der Waals surface area contributed by atoms with Crippen molar-refractivity contribution in [1.82, 2.24) is 10.9 Å². The number of halogens is 1. The summed E-state index contributed by atoms with van der Waals surface area (Å²) in [5.74, 6) is -1.95. The van der Waals surface area contributed by atoms with E-state index in [1.807, 2.05) is 0 Å². The third kappa shape index (κ3) is 4.95. The largest absolute Gasteiger partial charge is 0.449 e. The van der Waals surface area contributed by atoms with E-state index < -0.39 is 23.9 Å². The minimum absolute atomic E-state index is 0.0948. The molecule has 0 spiro atoms. The number of hydrazine groups is 1. The summed E-state index contributed by atoms with van der Waals surface area (Å²) in [6.07, 6.45) is -1.14. The van der Waals surface area contributed by atoms with E-state index in [0.717, 1.165) is 0 Å². The molecule has 2 aromatic rings. The first-order valence-electron chi connectivity index (χ1n) is 7.29. The Bertz CT molecular complexity index is 796. The highest BCUT2D eigenvalue weighted by Crippen LogP contribution is 2.19. The van der Waals surface area contributed by atoms with Crippen LogP contribution in [0.4, 0.5) is 5.69 Å². The van der Waals surface area contributed by atoms with Crippen LogP contribution < -0.4 is 16.6 Å². The van der Waals surface area contributed by atoms with Gasteiger partial charge >= 0.3 is 5.97 Å². The van der Waals surface area contributed by atoms with Crippen molar-refractivity contribution < 1.29 is 19.1 Å². The summed E-state index contributed by atoms with van der Waals surface area (Å²) < 4.78 is 5.03. The average Bonchev–Trinajstić information content (AvgIpc) is 2.59. The second-order valence-corrected chi connectivity index (χ2v) is 5.52. The van der Waals surface area contributed by atoms with Crippen LogP contribution in [0.5, 0.6) is 0 Å². The minimum Gasteiger partial charge on any atom is -0.449 e. The van der Waals surface area contributed by atoms with Crippen LogP contribution >= 0.6 is 11.6 Å². The van der Waals surface area contributed by atoms with Crippen molar-refractivity contribution in [2.75, 3.05) is 5.73 Å². The second kappa shape index (κ2) is 8.16. The highest BCUT2D eigenvalue weighted by Gasteiger charge is 2.21. The van der Waals surface area contributed by atoms with E-state index >= 15 is 0 Å². The van der Waals surface area contributed by atoms with Crippen LogP contribution in [0.15, 0.2) is 48.5 Å². The first-order valence-corrected chi connectivity index (χ1v) is 7.67. The summed E-state index contributed by atoms with van der Waals surface area (Å²) in [7, 11) is 0. The number of anilines is 1. The van der Waals surface area contributed by atoms with Gasteiger partial charge in [0.1, 0.15) is 0 Å². The molecule has 2 rings (SSSR count). The Balaban J connectivity index is 1.89. The van der Waals surface area contributed by atoms with E-state index in [-0.39, 0.29) is 11.3 Å². The fourth-order valence-corrected chi connectivity index (χ4v) is 2.06. The van der Waals surface area contributed by atoms with Gasteiger partial charge in [-0.05, 0) is 37.3 Å². The van der Waals surface area contributed by atoms with Gasteiger partial charge in [0.2, 0.25) is 0 Å². The molecule has 4 N–H and O–H groups in total. The highest BCUT2D eigenvalue weighted by atomic mass is 35.5. The van der Waals surface area contributed by atoms with Gasteiger partial charge in [0.15, 0.2) is 6.10 Å². The van der Waals surface area contributed by atoms with E-state index in [4.69, 9.17) is 22.1 Å². The maximum Gasteiger partial charge on any atom is 0.341 e. The van der Waals surface area contributed by atoms with Gasteiger partial charge in [-0.2, -0.15) is 0 Å². The summed E-state index contributed by atoms with van der Waals surface area (Å²) in [6, 6.07) is 12.6. The zero-order chi connectivity index (χ0) is 18.4. The maximum atomic E-state index is 12.0. The Hall–Kier alpha value is -3.06. The molecule has 0 heterocycles. The fraction of sp³-hybridized carbons (Fsp3) is 0.118. The number of benzene rings is 2. The number of hydrogen-bond donors (Lipinski definition) is 3. The Labute approximate surface area is 149 Å². The van der Waals surface area contributed by atoms with Crippen molar-refractivity contribution in [3.05, 3.63) is 64.7 Å². The summed E-state index contributed by atoms with van der Waals surface area (Å²) in [5.41, 5.74) is 10.7. The number of ether oxygens (including phenoxy) is 1. The van der Waals surface area contributed by atoms with Crippen molar-refractivity contribution >= 4 is 35.1 Å². The number of nitrogen functional groups attached to an aromatic ring is 1. The Morgan fingerprint density at radius 1 is 1.08 bits per heavy atom. The molecule has 0 saturated heterocycles. The molecule has 130 valence electrons. The first-order chi connectivity index (χ1) is 11.9. The van der Waals surface area contributed by atoms with E-state index in [2.05, 4.69) is 10.9 Å². The molecule has 7 nitrogen and oxygen atoms in total. The summed E-state index contributed by atoms with van der Waals surface area (Å²) in [6.45, 7) is 1.37. The molecule has 2 amide bonds. The van der Waals surface area contributed by atoms with Gasteiger partial charge in [-0.25, -0.2) is 4.79 Å². The predicted molar refractivity (Wildman–Crippen MR) is 92.8 cm³/mol.